The maximum absolute atomic E-state index is 13.6. The Kier molecular flexibility index (Phi) is 8.17. The van der Waals surface area contributed by atoms with Crippen molar-refractivity contribution in [1.29, 1.82) is 5.26 Å². The van der Waals surface area contributed by atoms with Gasteiger partial charge in [-0.15, -0.1) is 0 Å². The topological polar surface area (TPSA) is 81.4 Å². The van der Waals surface area contributed by atoms with Gasteiger partial charge in [-0.3, -0.25) is 9.59 Å². The predicted molar refractivity (Wildman–Crippen MR) is 125 cm³/mol. The standard InChI is InChI=1S/C25H26Cl2N2O3/c1-2-21(7-4-12-28)29-24(16-8-10-19(26)11-9-16)22(17-5-3-6-20(27)13-17)14-18(25(29)32)15-23(30)31/h3,5-6,8-11,13,18,21-22,24H,2,4,7,14-15H2,1H3,(H,30,31)/t18-,21?,22?,24-/m1/s1. The number of carboxylic acids is 1. The van der Waals surface area contributed by atoms with Gasteiger partial charge in [0.2, 0.25) is 5.91 Å². The molecule has 1 heterocycles. The third-order valence-corrected chi connectivity index (χ3v) is 6.67. The molecule has 2 unspecified atom stereocenters. The Balaban J connectivity index is 2.16. The number of likely N-dealkylation sites (tertiary alicyclic amines) is 1. The number of nitrogens with zero attached hydrogens (tertiary/aromatic N) is 2. The first-order valence-corrected chi connectivity index (χ1v) is 11.5. The number of carbonyl (C=O) groups excluding carboxylic acids is 1. The maximum Gasteiger partial charge on any atom is 0.304 e. The van der Waals surface area contributed by atoms with Gasteiger partial charge in [-0.25, -0.2) is 0 Å². The van der Waals surface area contributed by atoms with E-state index in [0.717, 1.165) is 11.1 Å². The predicted octanol–water partition coefficient (Wildman–Crippen LogP) is 6.22. The molecule has 1 aliphatic heterocycles. The van der Waals surface area contributed by atoms with Crippen LogP contribution in [0.15, 0.2) is 48.5 Å². The summed E-state index contributed by atoms with van der Waals surface area (Å²) >= 11 is 12.4. The van der Waals surface area contributed by atoms with Crippen LogP contribution in [0.2, 0.25) is 10.0 Å². The third kappa shape index (κ3) is 5.43. The summed E-state index contributed by atoms with van der Waals surface area (Å²) in [5.41, 5.74) is 1.89. The van der Waals surface area contributed by atoms with Crippen LogP contribution >= 0.6 is 23.2 Å². The summed E-state index contributed by atoms with van der Waals surface area (Å²) in [6, 6.07) is 16.6. The fourth-order valence-electron chi connectivity index (χ4n) is 4.75. The van der Waals surface area contributed by atoms with E-state index in [0.29, 0.717) is 35.7 Å². The van der Waals surface area contributed by atoms with E-state index in [4.69, 9.17) is 28.5 Å². The van der Waals surface area contributed by atoms with E-state index in [-0.39, 0.29) is 30.3 Å². The summed E-state index contributed by atoms with van der Waals surface area (Å²) in [5.74, 6) is -1.96. The number of aliphatic carboxylic acids is 1. The van der Waals surface area contributed by atoms with Crippen molar-refractivity contribution < 1.29 is 14.7 Å². The van der Waals surface area contributed by atoms with Gasteiger partial charge < -0.3 is 10.0 Å². The van der Waals surface area contributed by atoms with Crippen LogP contribution in [0.5, 0.6) is 0 Å². The molecule has 2 aromatic carbocycles. The van der Waals surface area contributed by atoms with Crippen LogP contribution in [0.1, 0.15) is 62.1 Å². The highest BCUT2D eigenvalue weighted by Crippen LogP contribution is 2.48. The fraction of sp³-hybridized carbons (Fsp3) is 0.400. The fourth-order valence-corrected chi connectivity index (χ4v) is 5.07. The molecule has 0 bridgehead atoms. The highest BCUT2D eigenvalue weighted by atomic mass is 35.5. The van der Waals surface area contributed by atoms with Crippen LogP contribution in [0.3, 0.4) is 0 Å². The highest BCUT2D eigenvalue weighted by molar-refractivity contribution is 6.30. The van der Waals surface area contributed by atoms with Gasteiger partial charge in [-0.2, -0.15) is 5.26 Å². The number of halogens is 2. The number of hydrogen-bond donors (Lipinski definition) is 1. The Hall–Kier alpha value is -2.55. The second-order valence-electron chi connectivity index (χ2n) is 8.19. The Morgan fingerprint density at radius 3 is 2.50 bits per heavy atom. The molecule has 0 radical (unpaired) electrons. The van der Waals surface area contributed by atoms with E-state index < -0.39 is 11.9 Å². The SMILES string of the molecule is CCC(CCC#N)N1C(=O)[C@@H](CC(=O)O)CC(c2cccc(Cl)c2)[C@H]1c1ccc(Cl)cc1. The zero-order chi connectivity index (χ0) is 23.3. The second-order valence-corrected chi connectivity index (χ2v) is 9.07. The summed E-state index contributed by atoms with van der Waals surface area (Å²) < 4.78 is 0. The molecule has 1 saturated heterocycles. The number of amides is 1. The van der Waals surface area contributed by atoms with Crippen LogP contribution < -0.4 is 0 Å². The Morgan fingerprint density at radius 1 is 1.19 bits per heavy atom. The Bertz CT molecular complexity index is 1000. The van der Waals surface area contributed by atoms with Gasteiger partial charge in [-0.1, -0.05) is 54.4 Å². The molecule has 32 heavy (non-hydrogen) atoms. The molecule has 0 aliphatic carbocycles. The first-order valence-electron chi connectivity index (χ1n) is 10.8. The van der Waals surface area contributed by atoms with Crippen molar-refractivity contribution in [3.8, 4) is 6.07 Å². The van der Waals surface area contributed by atoms with E-state index >= 15 is 0 Å². The molecule has 7 heteroatoms. The summed E-state index contributed by atoms with van der Waals surface area (Å²) in [6.07, 6.45) is 1.70. The smallest absolute Gasteiger partial charge is 0.304 e. The van der Waals surface area contributed by atoms with Crippen LogP contribution in [-0.2, 0) is 9.59 Å². The van der Waals surface area contributed by atoms with Gasteiger partial charge in [0.05, 0.1) is 18.5 Å². The first kappa shape index (κ1) is 24.1. The lowest BCUT2D eigenvalue weighted by atomic mass is 9.74. The Morgan fingerprint density at radius 2 is 1.91 bits per heavy atom. The maximum atomic E-state index is 13.6. The molecule has 5 nitrogen and oxygen atoms in total. The lowest BCUT2D eigenvalue weighted by Crippen LogP contribution is -2.52. The molecule has 1 N–H and O–H groups in total. The number of carboxylic acid groups (broad SMARTS) is 1. The number of carbonyl (C=O) groups is 2. The molecule has 1 amide bonds. The summed E-state index contributed by atoms with van der Waals surface area (Å²) in [6.45, 7) is 1.99. The summed E-state index contributed by atoms with van der Waals surface area (Å²) in [7, 11) is 0. The summed E-state index contributed by atoms with van der Waals surface area (Å²) in [4.78, 5) is 27.1. The molecule has 0 aromatic heterocycles. The van der Waals surface area contributed by atoms with E-state index in [1.54, 1.807) is 18.2 Å². The van der Waals surface area contributed by atoms with Crippen molar-refractivity contribution in [2.75, 3.05) is 0 Å². The van der Waals surface area contributed by atoms with Crippen LogP contribution in [0.25, 0.3) is 0 Å². The molecule has 0 spiro atoms. The summed E-state index contributed by atoms with van der Waals surface area (Å²) in [5, 5.41) is 19.8. The molecule has 2 aromatic rings. The zero-order valence-electron chi connectivity index (χ0n) is 17.9. The minimum Gasteiger partial charge on any atom is -0.481 e. The normalized spacial score (nSPS) is 21.8. The lowest BCUT2D eigenvalue weighted by Gasteiger charge is -2.48. The zero-order valence-corrected chi connectivity index (χ0v) is 19.4. The van der Waals surface area contributed by atoms with E-state index in [9.17, 15) is 14.7 Å². The van der Waals surface area contributed by atoms with E-state index in [2.05, 4.69) is 6.07 Å². The average molecular weight is 473 g/mol. The average Bonchev–Trinajstić information content (AvgIpc) is 2.76. The first-order chi connectivity index (χ1) is 15.3. The van der Waals surface area contributed by atoms with Crippen molar-refractivity contribution in [2.24, 2.45) is 5.92 Å². The molecule has 0 saturated carbocycles. The van der Waals surface area contributed by atoms with Crippen molar-refractivity contribution in [3.63, 3.8) is 0 Å². The van der Waals surface area contributed by atoms with Gasteiger partial charge in [0.25, 0.3) is 0 Å². The number of benzene rings is 2. The van der Waals surface area contributed by atoms with Crippen LogP contribution in [-0.4, -0.2) is 27.9 Å². The van der Waals surface area contributed by atoms with E-state index in [1.165, 1.54) is 0 Å². The monoisotopic (exact) mass is 472 g/mol. The second kappa shape index (κ2) is 10.8. The van der Waals surface area contributed by atoms with Gasteiger partial charge in [0, 0.05) is 34.3 Å². The van der Waals surface area contributed by atoms with Gasteiger partial charge in [0.1, 0.15) is 0 Å². The number of hydrogen-bond acceptors (Lipinski definition) is 3. The third-order valence-electron chi connectivity index (χ3n) is 6.19. The van der Waals surface area contributed by atoms with E-state index in [1.807, 2.05) is 42.2 Å². The largest absolute Gasteiger partial charge is 0.481 e. The van der Waals surface area contributed by atoms with Crippen molar-refractivity contribution >= 4 is 35.1 Å². The van der Waals surface area contributed by atoms with Crippen molar-refractivity contribution in [2.45, 2.75) is 57.0 Å². The Labute approximate surface area is 198 Å². The van der Waals surface area contributed by atoms with Gasteiger partial charge >= 0.3 is 5.97 Å². The van der Waals surface area contributed by atoms with Crippen LogP contribution in [0, 0.1) is 17.2 Å². The minimum atomic E-state index is -0.997. The lowest BCUT2D eigenvalue weighted by molar-refractivity contribution is -0.152. The number of rotatable bonds is 8. The molecule has 1 fully saturated rings. The van der Waals surface area contributed by atoms with Gasteiger partial charge in [0.15, 0.2) is 0 Å². The highest BCUT2D eigenvalue weighted by Gasteiger charge is 2.45. The molecule has 1 aliphatic rings. The quantitative estimate of drug-likeness (QED) is 0.493. The number of nitriles is 1. The molecular weight excluding hydrogens is 447 g/mol. The molecule has 4 atom stereocenters. The number of piperidine rings is 1. The molecular formula is C25H26Cl2N2O3. The van der Waals surface area contributed by atoms with Crippen LogP contribution in [0.4, 0.5) is 0 Å². The minimum absolute atomic E-state index is 0.145. The van der Waals surface area contributed by atoms with Crippen molar-refractivity contribution in [1.82, 2.24) is 4.90 Å². The van der Waals surface area contributed by atoms with Gasteiger partial charge in [-0.05, 0) is 54.7 Å². The molecule has 3 rings (SSSR count). The molecule has 168 valence electrons. The van der Waals surface area contributed by atoms with Crippen molar-refractivity contribution in [3.05, 3.63) is 69.7 Å².